The number of ether oxygens (including phenoxy) is 1. The van der Waals surface area contributed by atoms with E-state index in [1.54, 1.807) is 12.1 Å². The van der Waals surface area contributed by atoms with E-state index in [4.69, 9.17) is 9.84 Å². The van der Waals surface area contributed by atoms with E-state index in [-0.39, 0.29) is 11.1 Å². The van der Waals surface area contributed by atoms with Gasteiger partial charge in [0.1, 0.15) is 0 Å². The van der Waals surface area contributed by atoms with Crippen molar-refractivity contribution in [2.75, 3.05) is 6.61 Å². The summed E-state index contributed by atoms with van der Waals surface area (Å²) in [5.74, 6) is -1.33. The van der Waals surface area contributed by atoms with Crippen LogP contribution in [0.25, 0.3) is 11.1 Å². The summed E-state index contributed by atoms with van der Waals surface area (Å²) in [6.07, 6.45) is 4.21. The van der Waals surface area contributed by atoms with Gasteiger partial charge in [-0.2, -0.15) is 0 Å². The van der Waals surface area contributed by atoms with Crippen LogP contribution in [0.5, 0.6) is 0 Å². The predicted octanol–water partition coefficient (Wildman–Crippen LogP) is 7.11. The molecule has 4 nitrogen and oxygen atoms in total. The predicted molar refractivity (Wildman–Crippen MR) is 129 cm³/mol. The van der Waals surface area contributed by atoms with Crippen molar-refractivity contribution in [2.45, 2.75) is 39.5 Å². The zero-order valence-corrected chi connectivity index (χ0v) is 18.9. The third-order valence-electron chi connectivity index (χ3n) is 5.25. The summed E-state index contributed by atoms with van der Waals surface area (Å²) >= 11 is 0. The van der Waals surface area contributed by atoms with Crippen LogP contribution in [-0.2, 0) is 4.74 Å². The standard InChI is InChI=1S/C16H22O4.C12H10/c1-3-5-8-12(4-2)11-20-16(19)14-10-7-6-9-13(14)15(17)18;1-3-7-11(8-4-1)12-9-5-2-6-10-12/h6-7,9-10,12H,3-5,8,11H2,1-2H3,(H,17,18);1-10H. The van der Waals surface area contributed by atoms with Gasteiger partial charge in [-0.15, -0.1) is 0 Å². The summed E-state index contributed by atoms with van der Waals surface area (Å²) in [6.45, 7) is 4.55. The Labute approximate surface area is 190 Å². The molecule has 0 bridgehead atoms. The lowest BCUT2D eigenvalue weighted by molar-refractivity contribution is 0.0420. The number of carbonyl (C=O) groups excluding carboxylic acids is 1. The highest BCUT2D eigenvalue weighted by atomic mass is 16.5. The summed E-state index contributed by atoms with van der Waals surface area (Å²) < 4.78 is 5.27. The Hall–Kier alpha value is -3.40. The minimum absolute atomic E-state index is 0.0147. The summed E-state index contributed by atoms with van der Waals surface area (Å²) in [7, 11) is 0. The van der Waals surface area contributed by atoms with E-state index in [1.807, 2.05) is 12.1 Å². The monoisotopic (exact) mass is 432 g/mol. The van der Waals surface area contributed by atoms with Gasteiger partial charge < -0.3 is 9.84 Å². The number of aromatic carboxylic acids is 1. The molecule has 0 heterocycles. The van der Waals surface area contributed by atoms with Crippen LogP contribution in [0.15, 0.2) is 84.9 Å². The maximum absolute atomic E-state index is 12.0. The van der Waals surface area contributed by atoms with Gasteiger partial charge in [0.05, 0.1) is 17.7 Å². The fourth-order valence-corrected chi connectivity index (χ4v) is 3.28. The van der Waals surface area contributed by atoms with E-state index in [9.17, 15) is 9.59 Å². The van der Waals surface area contributed by atoms with Gasteiger partial charge in [0, 0.05) is 0 Å². The van der Waals surface area contributed by atoms with Crippen molar-refractivity contribution in [1.82, 2.24) is 0 Å². The average Bonchev–Trinajstić information content (AvgIpc) is 2.85. The van der Waals surface area contributed by atoms with Crippen LogP contribution in [0.4, 0.5) is 0 Å². The molecule has 0 saturated heterocycles. The molecule has 3 rings (SSSR count). The molecule has 1 unspecified atom stereocenters. The van der Waals surface area contributed by atoms with Crippen LogP contribution >= 0.6 is 0 Å². The molecule has 1 atom stereocenters. The van der Waals surface area contributed by atoms with Crippen LogP contribution in [0.1, 0.15) is 60.2 Å². The molecule has 4 heteroatoms. The highest BCUT2D eigenvalue weighted by molar-refractivity contribution is 6.02. The first-order valence-electron chi connectivity index (χ1n) is 11.2. The number of carboxylic acid groups (broad SMARTS) is 1. The molecule has 168 valence electrons. The van der Waals surface area contributed by atoms with Gasteiger partial charge in [0.25, 0.3) is 0 Å². The van der Waals surface area contributed by atoms with Crippen LogP contribution in [0, 0.1) is 5.92 Å². The molecule has 3 aromatic rings. The minimum Gasteiger partial charge on any atom is -0.478 e. The van der Waals surface area contributed by atoms with Gasteiger partial charge in [0.15, 0.2) is 0 Å². The molecular weight excluding hydrogens is 400 g/mol. The Morgan fingerprint density at radius 1 is 0.781 bits per heavy atom. The number of carbonyl (C=O) groups is 2. The first-order valence-corrected chi connectivity index (χ1v) is 11.2. The Morgan fingerprint density at radius 3 is 1.75 bits per heavy atom. The number of hydrogen-bond acceptors (Lipinski definition) is 3. The van der Waals surface area contributed by atoms with Crippen molar-refractivity contribution < 1.29 is 19.4 Å². The molecule has 0 amide bonds. The van der Waals surface area contributed by atoms with Gasteiger partial charge in [-0.3, -0.25) is 0 Å². The molecular formula is C28H32O4. The van der Waals surface area contributed by atoms with Crippen molar-refractivity contribution in [3.63, 3.8) is 0 Å². The number of esters is 1. The largest absolute Gasteiger partial charge is 0.478 e. The van der Waals surface area contributed by atoms with E-state index in [2.05, 4.69) is 62.4 Å². The second-order valence-electron chi connectivity index (χ2n) is 7.60. The van der Waals surface area contributed by atoms with Crippen molar-refractivity contribution in [3.05, 3.63) is 96.1 Å². The minimum atomic E-state index is -1.12. The maximum Gasteiger partial charge on any atom is 0.339 e. The molecule has 0 aromatic heterocycles. The molecule has 3 aromatic carbocycles. The Bertz CT molecular complexity index is 914. The number of hydrogen-bond donors (Lipinski definition) is 1. The van der Waals surface area contributed by atoms with Gasteiger partial charge in [-0.1, -0.05) is 106 Å². The van der Waals surface area contributed by atoms with E-state index in [1.165, 1.54) is 23.3 Å². The van der Waals surface area contributed by atoms with E-state index >= 15 is 0 Å². The van der Waals surface area contributed by atoms with Crippen molar-refractivity contribution in [1.29, 1.82) is 0 Å². The molecule has 0 spiro atoms. The van der Waals surface area contributed by atoms with Crippen molar-refractivity contribution >= 4 is 11.9 Å². The topological polar surface area (TPSA) is 63.6 Å². The lowest BCUT2D eigenvalue weighted by Gasteiger charge is -2.15. The fourth-order valence-electron chi connectivity index (χ4n) is 3.28. The molecule has 0 saturated carbocycles. The third-order valence-corrected chi connectivity index (χ3v) is 5.25. The summed E-state index contributed by atoms with van der Waals surface area (Å²) in [5, 5.41) is 9.05. The number of benzene rings is 3. The van der Waals surface area contributed by atoms with Gasteiger partial charge in [-0.05, 0) is 35.6 Å². The second kappa shape index (κ2) is 13.8. The molecule has 0 aliphatic carbocycles. The number of unbranched alkanes of at least 4 members (excludes halogenated alkanes) is 1. The van der Waals surface area contributed by atoms with Crippen LogP contribution in [-0.4, -0.2) is 23.7 Å². The first kappa shape index (κ1) is 24.9. The number of rotatable bonds is 9. The van der Waals surface area contributed by atoms with Gasteiger partial charge in [-0.25, -0.2) is 9.59 Å². The van der Waals surface area contributed by atoms with E-state index in [0.717, 1.165) is 25.7 Å². The molecule has 0 aliphatic heterocycles. The maximum atomic E-state index is 12.0. The van der Waals surface area contributed by atoms with Crippen LogP contribution in [0.3, 0.4) is 0 Å². The zero-order valence-electron chi connectivity index (χ0n) is 18.9. The number of carboxylic acids is 1. The lowest BCUT2D eigenvalue weighted by Crippen LogP contribution is -2.16. The van der Waals surface area contributed by atoms with E-state index < -0.39 is 11.9 Å². The van der Waals surface area contributed by atoms with Crippen molar-refractivity contribution in [3.8, 4) is 11.1 Å². The van der Waals surface area contributed by atoms with Gasteiger partial charge in [0.2, 0.25) is 0 Å². The third kappa shape index (κ3) is 8.03. The molecule has 0 radical (unpaired) electrons. The SMILES string of the molecule is CCCCC(CC)COC(=O)c1ccccc1C(=O)O.c1ccc(-c2ccccc2)cc1. The summed E-state index contributed by atoms with van der Waals surface area (Å²) in [6, 6.07) is 26.9. The molecule has 0 fully saturated rings. The van der Waals surface area contributed by atoms with E-state index in [0.29, 0.717) is 12.5 Å². The highest BCUT2D eigenvalue weighted by Crippen LogP contribution is 2.17. The first-order chi connectivity index (χ1) is 15.6. The Morgan fingerprint density at radius 2 is 1.28 bits per heavy atom. The van der Waals surface area contributed by atoms with Gasteiger partial charge >= 0.3 is 11.9 Å². The normalized spacial score (nSPS) is 11.1. The average molecular weight is 433 g/mol. The Balaban J connectivity index is 0.000000255. The fraction of sp³-hybridized carbons (Fsp3) is 0.286. The highest BCUT2D eigenvalue weighted by Gasteiger charge is 2.18. The smallest absolute Gasteiger partial charge is 0.339 e. The molecule has 32 heavy (non-hydrogen) atoms. The summed E-state index contributed by atoms with van der Waals surface area (Å²) in [4.78, 5) is 23.0. The lowest BCUT2D eigenvalue weighted by atomic mass is 10.0. The Kier molecular flexibility index (Phi) is 10.7. The second-order valence-corrected chi connectivity index (χ2v) is 7.60. The van der Waals surface area contributed by atoms with Crippen molar-refractivity contribution in [2.24, 2.45) is 5.92 Å². The quantitative estimate of drug-likeness (QED) is 0.366. The van der Waals surface area contributed by atoms with Crippen LogP contribution in [0.2, 0.25) is 0 Å². The zero-order chi connectivity index (χ0) is 23.2. The molecule has 0 aliphatic rings. The molecule has 1 N–H and O–H groups in total. The van der Waals surface area contributed by atoms with Crippen LogP contribution < -0.4 is 0 Å². The summed E-state index contributed by atoms with van der Waals surface area (Å²) in [5.41, 5.74) is 2.65.